The van der Waals surface area contributed by atoms with Crippen LogP contribution in [0.15, 0.2) is 29.3 Å². The first-order valence-corrected chi connectivity index (χ1v) is 10.0. The van der Waals surface area contributed by atoms with Crippen LogP contribution in [0.1, 0.15) is 58.3 Å². The van der Waals surface area contributed by atoms with Gasteiger partial charge in [0.1, 0.15) is 9.88 Å². The van der Waals surface area contributed by atoms with Crippen LogP contribution >= 0.6 is 11.3 Å². The molecule has 0 fully saturated rings. The van der Waals surface area contributed by atoms with Gasteiger partial charge in [-0.2, -0.15) is 0 Å². The smallest absolute Gasteiger partial charge is 0.350 e. The van der Waals surface area contributed by atoms with Gasteiger partial charge in [0.25, 0.3) is 0 Å². The van der Waals surface area contributed by atoms with E-state index >= 15 is 0 Å². The molecule has 1 heterocycles. The molecule has 0 aliphatic heterocycles. The lowest BCUT2D eigenvalue weighted by molar-refractivity contribution is 0.0531. The van der Waals surface area contributed by atoms with Crippen LogP contribution in [0.25, 0.3) is 0 Å². The van der Waals surface area contributed by atoms with E-state index in [1.54, 1.807) is 6.92 Å². The molecule has 1 aromatic heterocycles. The number of carbonyl (C=O) groups is 1. The first-order chi connectivity index (χ1) is 12.9. The largest absolute Gasteiger partial charge is 0.462 e. The summed E-state index contributed by atoms with van der Waals surface area (Å²) in [6.45, 7) is 11.4. The van der Waals surface area contributed by atoms with Crippen LogP contribution < -0.4 is 10.6 Å². The molecule has 146 valence electrons. The number of thiazole rings is 1. The van der Waals surface area contributed by atoms with E-state index in [2.05, 4.69) is 45.7 Å². The number of nitrogens with zero attached hydrogens (tertiary/aromatic N) is 2. The van der Waals surface area contributed by atoms with E-state index in [0.29, 0.717) is 23.7 Å². The number of aromatic nitrogens is 1. The molecular formula is C20H28N4O2S. The number of esters is 1. The molecule has 0 aliphatic rings. The van der Waals surface area contributed by atoms with Crippen molar-refractivity contribution in [3.8, 4) is 0 Å². The fourth-order valence-corrected chi connectivity index (χ4v) is 3.52. The zero-order valence-corrected chi connectivity index (χ0v) is 17.4. The second-order valence-corrected chi connectivity index (χ2v) is 7.27. The molecule has 0 saturated carbocycles. The maximum absolute atomic E-state index is 12.0. The highest BCUT2D eigenvalue weighted by Gasteiger charge is 2.20. The van der Waals surface area contributed by atoms with Gasteiger partial charge in [-0.25, -0.2) is 14.8 Å². The van der Waals surface area contributed by atoms with Crippen LogP contribution in [0, 0.1) is 13.8 Å². The van der Waals surface area contributed by atoms with E-state index in [-0.39, 0.29) is 12.0 Å². The number of benzene rings is 1. The Labute approximate surface area is 165 Å². The Morgan fingerprint density at radius 2 is 2.11 bits per heavy atom. The lowest BCUT2D eigenvalue weighted by Crippen LogP contribution is -2.38. The Morgan fingerprint density at radius 3 is 2.78 bits per heavy atom. The Morgan fingerprint density at radius 1 is 1.33 bits per heavy atom. The van der Waals surface area contributed by atoms with Crippen molar-refractivity contribution in [2.45, 2.75) is 47.2 Å². The first-order valence-electron chi connectivity index (χ1n) is 9.19. The predicted octanol–water partition coefficient (Wildman–Crippen LogP) is 3.75. The molecule has 1 atom stereocenters. The van der Waals surface area contributed by atoms with Crippen molar-refractivity contribution in [3.05, 3.63) is 51.0 Å². The van der Waals surface area contributed by atoms with Gasteiger partial charge in [0.15, 0.2) is 5.96 Å². The second kappa shape index (κ2) is 10.1. The molecule has 0 bridgehead atoms. The molecule has 0 aliphatic carbocycles. The Balaban J connectivity index is 2.10. The number of ether oxygens (including phenoxy) is 1. The third-order valence-corrected chi connectivity index (χ3v) is 5.16. The van der Waals surface area contributed by atoms with Crippen molar-refractivity contribution in [2.75, 3.05) is 13.2 Å². The van der Waals surface area contributed by atoms with Gasteiger partial charge in [0.2, 0.25) is 0 Å². The zero-order valence-electron chi connectivity index (χ0n) is 16.6. The van der Waals surface area contributed by atoms with Crippen molar-refractivity contribution < 1.29 is 9.53 Å². The molecule has 1 aromatic carbocycles. The lowest BCUT2D eigenvalue weighted by Gasteiger charge is -2.16. The molecule has 0 saturated heterocycles. The van der Waals surface area contributed by atoms with Crippen molar-refractivity contribution >= 4 is 23.3 Å². The summed E-state index contributed by atoms with van der Waals surface area (Å²) in [5.74, 6) is 0.406. The normalized spacial score (nSPS) is 12.6. The van der Waals surface area contributed by atoms with Gasteiger partial charge in [-0.1, -0.05) is 29.8 Å². The standard InChI is InChI=1S/C20H28N4O2S/c1-6-21-20(22-12-16-10-8-9-13(3)11-16)24-15(5)18-23-14(4)17(27-18)19(25)26-7-2/h8-11,15H,6-7,12H2,1-5H3,(H2,21,22,24). The number of hydrogen-bond acceptors (Lipinski definition) is 5. The maximum atomic E-state index is 12.0. The SMILES string of the molecule is CCNC(=NCc1cccc(C)c1)NC(C)c1nc(C)c(C(=O)OCC)s1. The molecule has 2 rings (SSSR count). The highest BCUT2D eigenvalue weighted by molar-refractivity contribution is 7.13. The average molecular weight is 389 g/mol. The number of guanidine groups is 1. The van der Waals surface area contributed by atoms with Crippen LogP contribution in [0.5, 0.6) is 0 Å². The van der Waals surface area contributed by atoms with E-state index in [9.17, 15) is 4.79 Å². The fourth-order valence-electron chi connectivity index (χ4n) is 2.56. The van der Waals surface area contributed by atoms with Gasteiger partial charge in [0.05, 0.1) is 24.9 Å². The molecule has 0 amide bonds. The molecule has 2 aromatic rings. The monoisotopic (exact) mass is 388 g/mol. The van der Waals surface area contributed by atoms with E-state index < -0.39 is 0 Å². The average Bonchev–Trinajstić information content (AvgIpc) is 3.02. The third kappa shape index (κ3) is 6.06. The van der Waals surface area contributed by atoms with E-state index in [0.717, 1.165) is 23.1 Å². The molecule has 1 unspecified atom stereocenters. The highest BCUT2D eigenvalue weighted by atomic mass is 32.1. The Hall–Kier alpha value is -2.41. The third-order valence-electron chi connectivity index (χ3n) is 3.84. The van der Waals surface area contributed by atoms with Crippen molar-refractivity contribution in [1.82, 2.24) is 15.6 Å². The summed E-state index contributed by atoms with van der Waals surface area (Å²) in [6.07, 6.45) is 0. The topological polar surface area (TPSA) is 75.6 Å². The van der Waals surface area contributed by atoms with Gasteiger partial charge in [-0.05, 0) is 40.2 Å². The van der Waals surface area contributed by atoms with Gasteiger partial charge < -0.3 is 15.4 Å². The minimum Gasteiger partial charge on any atom is -0.462 e. The summed E-state index contributed by atoms with van der Waals surface area (Å²) in [4.78, 5) is 21.8. The number of nitrogens with one attached hydrogen (secondary N) is 2. The summed E-state index contributed by atoms with van der Waals surface area (Å²) >= 11 is 1.36. The number of rotatable bonds is 7. The van der Waals surface area contributed by atoms with Crippen LogP contribution in [0.3, 0.4) is 0 Å². The van der Waals surface area contributed by atoms with Crippen molar-refractivity contribution in [1.29, 1.82) is 0 Å². The van der Waals surface area contributed by atoms with Crippen molar-refractivity contribution in [2.24, 2.45) is 4.99 Å². The lowest BCUT2D eigenvalue weighted by atomic mass is 10.1. The van der Waals surface area contributed by atoms with E-state index in [4.69, 9.17) is 4.74 Å². The van der Waals surface area contributed by atoms with Gasteiger partial charge in [-0.3, -0.25) is 0 Å². The molecule has 2 N–H and O–H groups in total. The number of aliphatic imine (C=N–C) groups is 1. The number of hydrogen-bond donors (Lipinski definition) is 2. The number of carbonyl (C=O) groups excluding carboxylic acids is 1. The summed E-state index contributed by atoms with van der Waals surface area (Å²) in [5.41, 5.74) is 3.08. The summed E-state index contributed by atoms with van der Waals surface area (Å²) in [5, 5.41) is 7.45. The second-order valence-electron chi connectivity index (χ2n) is 6.24. The summed E-state index contributed by atoms with van der Waals surface area (Å²) in [7, 11) is 0. The zero-order chi connectivity index (χ0) is 19.8. The first kappa shape index (κ1) is 20.9. The molecular weight excluding hydrogens is 360 g/mol. The molecule has 7 heteroatoms. The highest BCUT2D eigenvalue weighted by Crippen LogP contribution is 2.24. The van der Waals surface area contributed by atoms with Crippen LogP contribution in [-0.4, -0.2) is 30.1 Å². The molecule has 0 spiro atoms. The van der Waals surface area contributed by atoms with E-state index in [1.165, 1.54) is 16.9 Å². The molecule has 27 heavy (non-hydrogen) atoms. The minimum absolute atomic E-state index is 0.0767. The Bertz CT molecular complexity index is 801. The quantitative estimate of drug-likeness (QED) is 0.429. The van der Waals surface area contributed by atoms with Crippen LogP contribution in [-0.2, 0) is 11.3 Å². The van der Waals surface area contributed by atoms with Gasteiger partial charge in [-0.15, -0.1) is 11.3 Å². The summed E-state index contributed by atoms with van der Waals surface area (Å²) < 4.78 is 5.09. The molecule has 6 nitrogen and oxygen atoms in total. The molecule has 0 radical (unpaired) electrons. The van der Waals surface area contributed by atoms with E-state index in [1.807, 2.05) is 26.8 Å². The maximum Gasteiger partial charge on any atom is 0.350 e. The summed E-state index contributed by atoms with van der Waals surface area (Å²) in [6, 6.07) is 8.24. The van der Waals surface area contributed by atoms with Gasteiger partial charge in [0, 0.05) is 6.54 Å². The Kier molecular flexibility index (Phi) is 7.79. The minimum atomic E-state index is -0.314. The van der Waals surface area contributed by atoms with Crippen LogP contribution in [0.4, 0.5) is 0 Å². The number of aryl methyl sites for hydroxylation is 2. The van der Waals surface area contributed by atoms with Crippen LogP contribution in [0.2, 0.25) is 0 Å². The van der Waals surface area contributed by atoms with Gasteiger partial charge >= 0.3 is 5.97 Å². The fraction of sp³-hybridized carbons (Fsp3) is 0.450. The predicted molar refractivity (Wildman–Crippen MR) is 110 cm³/mol. The van der Waals surface area contributed by atoms with Crippen molar-refractivity contribution in [3.63, 3.8) is 0 Å².